The van der Waals surface area contributed by atoms with E-state index in [1.54, 1.807) is 0 Å². The van der Waals surface area contributed by atoms with E-state index in [9.17, 15) is 4.79 Å². The van der Waals surface area contributed by atoms with Crippen LogP contribution >= 0.6 is 15.9 Å². The maximum atomic E-state index is 11.5. The Morgan fingerprint density at radius 1 is 1.14 bits per heavy atom. The van der Waals surface area contributed by atoms with Gasteiger partial charge in [-0.25, -0.2) is 4.79 Å². The van der Waals surface area contributed by atoms with E-state index in [4.69, 9.17) is 0 Å². The highest BCUT2D eigenvalue weighted by Crippen LogP contribution is 2.13. The zero-order chi connectivity index (χ0) is 15.1. The number of nitrogens with one attached hydrogen (secondary N) is 2. The lowest BCUT2D eigenvalue weighted by Gasteiger charge is -2.14. The molecule has 2 amide bonds. The summed E-state index contributed by atoms with van der Waals surface area (Å²) in [6, 6.07) is 8.27. The van der Waals surface area contributed by atoms with E-state index in [0.717, 1.165) is 16.6 Å². The molecule has 5 heteroatoms. The summed E-state index contributed by atoms with van der Waals surface area (Å²) in [6.07, 6.45) is 2.63. The highest BCUT2D eigenvalue weighted by atomic mass is 79.9. The number of likely N-dealkylation sites (tertiary alicyclic amines) is 1. The molecule has 0 radical (unpaired) electrons. The first-order chi connectivity index (χ1) is 10.1. The molecule has 1 heterocycles. The number of rotatable bonds is 6. The van der Waals surface area contributed by atoms with Crippen LogP contribution in [0, 0.1) is 0 Å². The van der Waals surface area contributed by atoms with Crippen molar-refractivity contribution in [3.05, 3.63) is 46.5 Å². The van der Waals surface area contributed by atoms with Crippen molar-refractivity contribution in [3.63, 3.8) is 0 Å². The molecule has 0 aromatic heterocycles. The minimum Gasteiger partial charge on any atom is -0.334 e. The Morgan fingerprint density at radius 2 is 1.76 bits per heavy atom. The fourth-order valence-electron chi connectivity index (χ4n) is 2.38. The Balaban J connectivity index is 1.74. The van der Waals surface area contributed by atoms with Gasteiger partial charge in [-0.1, -0.05) is 46.8 Å². The summed E-state index contributed by atoms with van der Waals surface area (Å²) in [5.41, 5.74) is 2.44. The molecular weight excluding hydrogens is 330 g/mol. The van der Waals surface area contributed by atoms with E-state index in [2.05, 4.69) is 62.3 Å². The number of nitrogens with zero attached hydrogens (tertiary/aromatic N) is 1. The molecule has 0 atom stereocenters. The van der Waals surface area contributed by atoms with Gasteiger partial charge < -0.3 is 10.6 Å². The van der Waals surface area contributed by atoms with Crippen molar-refractivity contribution in [2.45, 2.75) is 25.9 Å². The second-order valence-electron chi connectivity index (χ2n) is 5.35. The van der Waals surface area contributed by atoms with E-state index in [0.29, 0.717) is 13.1 Å². The number of carbonyl (C=O) groups is 1. The molecule has 0 unspecified atom stereocenters. The van der Waals surface area contributed by atoms with Gasteiger partial charge in [0, 0.05) is 17.6 Å². The van der Waals surface area contributed by atoms with Crippen LogP contribution in [0.4, 0.5) is 4.79 Å². The van der Waals surface area contributed by atoms with Crippen LogP contribution < -0.4 is 10.6 Å². The topological polar surface area (TPSA) is 44.4 Å². The molecule has 1 fully saturated rings. The van der Waals surface area contributed by atoms with Crippen LogP contribution in [0.2, 0.25) is 0 Å². The lowest BCUT2D eigenvalue weighted by Crippen LogP contribution is -2.35. The predicted octanol–water partition coefficient (Wildman–Crippen LogP) is 2.99. The molecule has 114 valence electrons. The van der Waals surface area contributed by atoms with Gasteiger partial charge in [-0.15, -0.1) is 0 Å². The van der Waals surface area contributed by atoms with Gasteiger partial charge in [0.1, 0.15) is 0 Å². The Kier molecular flexibility index (Phi) is 6.26. The third-order valence-corrected chi connectivity index (χ3v) is 3.80. The van der Waals surface area contributed by atoms with Crippen molar-refractivity contribution in [1.29, 1.82) is 0 Å². The first kappa shape index (κ1) is 16.0. The van der Waals surface area contributed by atoms with Gasteiger partial charge in [0.05, 0.1) is 6.54 Å². The largest absolute Gasteiger partial charge is 0.334 e. The normalized spacial score (nSPS) is 14.9. The third kappa shape index (κ3) is 5.89. The lowest BCUT2D eigenvalue weighted by atomic mass is 10.1. The predicted molar refractivity (Wildman–Crippen MR) is 89.3 cm³/mol. The monoisotopic (exact) mass is 351 g/mol. The molecule has 1 aliphatic rings. The maximum absolute atomic E-state index is 11.5. The van der Waals surface area contributed by atoms with Crippen LogP contribution in [0.5, 0.6) is 0 Å². The fourth-order valence-corrected chi connectivity index (χ4v) is 2.52. The highest BCUT2D eigenvalue weighted by molar-refractivity contribution is 9.11. The number of urea groups is 1. The zero-order valence-corrected chi connectivity index (χ0v) is 13.8. The number of carbonyl (C=O) groups excluding carboxylic acids is 1. The minimum absolute atomic E-state index is 0.184. The van der Waals surface area contributed by atoms with Gasteiger partial charge in [0.15, 0.2) is 0 Å². The molecule has 0 aliphatic carbocycles. The number of hydrogen-bond acceptors (Lipinski definition) is 2. The molecule has 2 N–H and O–H groups in total. The summed E-state index contributed by atoms with van der Waals surface area (Å²) in [5, 5.41) is 5.53. The Morgan fingerprint density at radius 3 is 2.38 bits per heavy atom. The van der Waals surface area contributed by atoms with E-state index in [1.807, 2.05) is 0 Å². The average molecular weight is 352 g/mol. The van der Waals surface area contributed by atoms with Crippen LogP contribution in [0.25, 0.3) is 0 Å². The van der Waals surface area contributed by atoms with Crippen LogP contribution in [0.1, 0.15) is 24.0 Å². The third-order valence-electron chi connectivity index (χ3n) is 3.52. The van der Waals surface area contributed by atoms with Crippen molar-refractivity contribution in [1.82, 2.24) is 15.5 Å². The zero-order valence-electron chi connectivity index (χ0n) is 12.2. The number of benzene rings is 1. The summed E-state index contributed by atoms with van der Waals surface area (Å²) >= 11 is 3.20. The van der Waals surface area contributed by atoms with Crippen molar-refractivity contribution >= 4 is 22.0 Å². The minimum atomic E-state index is -0.184. The van der Waals surface area contributed by atoms with Crippen LogP contribution in [-0.4, -0.2) is 30.6 Å². The number of halogens is 1. The molecule has 21 heavy (non-hydrogen) atoms. The van der Waals surface area contributed by atoms with Crippen molar-refractivity contribution < 1.29 is 4.79 Å². The number of hydrogen-bond donors (Lipinski definition) is 2. The molecule has 1 aromatic rings. The average Bonchev–Trinajstić information content (AvgIpc) is 2.97. The van der Waals surface area contributed by atoms with Gasteiger partial charge in [0.25, 0.3) is 0 Å². The summed E-state index contributed by atoms with van der Waals surface area (Å²) in [7, 11) is 0. The standard InChI is InChI=1S/C16H22BrN3O/c1-13(17)10-18-16(21)19-11-14-4-6-15(7-5-14)12-20-8-2-3-9-20/h4-7H,1-3,8-12H2,(H2,18,19,21). The molecule has 4 nitrogen and oxygen atoms in total. The summed E-state index contributed by atoms with van der Waals surface area (Å²) in [6.45, 7) is 8.08. The fraction of sp³-hybridized carbons (Fsp3) is 0.438. The van der Waals surface area contributed by atoms with Gasteiger partial charge in [-0.2, -0.15) is 0 Å². The highest BCUT2D eigenvalue weighted by Gasteiger charge is 2.11. The van der Waals surface area contributed by atoms with Crippen LogP contribution in [0.15, 0.2) is 35.3 Å². The molecule has 2 rings (SSSR count). The molecule has 0 saturated carbocycles. The molecule has 1 saturated heterocycles. The second-order valence-corrected chi connectivity index (χ2v) is 6.47. The molecule has 1 aromatic carbocycles. The van der Waals surface area contributed by atoms with Crippen LogP contribution in [0.3, 0.4) is 0 Å². The van der Waals surface area contributed by atoms with E-state index in [1.165, 1.54) is 31.5 Å². The Labute approximate surface area is 134 Å². The van der Waals surface area contributed by atoms with Gasteiger partial charge in [-0.3, -0.25) is 4.90 Å². The van der Waals surface area contributed by atoms with Crippen LogP contribution in [-0.2, 0) is 13.1 Å². The van der Waals surface area contributed by atoms with E-state index >= 15 is 0 Å². The van der Waals surface area contributed by atoms with Crippen molar-refractivity contribution in [2.75, 3.05) is 19.6 Å². The van der Waals surface area contributed by atoms with Gasteiger partial charge >= 0.3 is 6.03 Å². The smallest absolute Gasteiger partial charge is 0.315 e. The lowest BCUT2D eigenvalue weighted by molar-refractivity contribution is 0.241. The first-order valence-corrected chi connectivity index (χ1v) is 8.08. The molecule has 0 spiro atoms. The van der Waals surface area contributed by atoms with E-state index in [-0.39, 0.29) is 6.03 Å². The van der Waals surface area contributed by atoms with Crippen molar-refractivity contribution in [3.8, 4) is 0 Å². The van der Waals surface area contributed by atoms with Crippen molar-refractivity contribution in [2.24, 2.45) is 0 Å². The quantitative estimate of drug-likeness (QED) is 0.827. The summed E-state index contributed by atoms with van der Waals surface area (Å²) < 4.78 is 0.754. The van der Waals surface area contributed by atoms with E-state index < -0.39 is 0 Å². The molecule has 1 aliphatic heterocycles. The van der Waals surface area contributed by atoms with Gasteiger partial charge in [-0.05, 0) is 37.1 Å². The molecular formula is C16H22BrN3O. The SMILES string of the molecule is C=C(Br)CNC(=O)NCc1ccc(CN2CCCC2)cc1. The Bertz CT molecular complexity index is 481. The second kappa shape index (κ2) is 8.20. The summed E-state index contributed by atoms with van der Waals surface area (Å²) in [5.74, 6) is 0. The number of amides is 2. The molecule has 0 bridgehead atoms. The van der Waals surface area contributed by atoms with Gasteiger partial charge in [0.2, 0.25) is 0 Å². The Hall–Kier alpha value is -1.33. The first-order valence-electron chi connectivity index (χ1n) is 7.28. The summed E-state index contributed by atoms with van der Waals surface area (Å²) in [4.78, 5) is 14.0. The maximum Gasteiger partial charge on any atom is 0.315 e.